The second-order valence-electron chi connectivity index (χ2n) is 8.47. The lowest BCUT2D eigenvalue weighted by molar-refractivity contribution is -0.128. The van der Waals surface area contributed by atoms with Crippen LogP contribution in [0.1, 0.15) is 53.1 Å². The number of aliphatic hydroxyl groups is 1. The van der Waals surface area contributed by atoms with Gasteiger partial charge in [0.2, 0.25) is 0 Å². The lowest BCUT2D eigenvalue weighted by atomic mass is 9.87. The van der Waals surface area contributed by atoms with Crippen molar-refractivity contribution in [1.82, 2.24) is 9.97 Å². The van der Waals surface area contributed by atoms with E-state index in [2.05, 4.69) is 51.8 Å². The summed E-state index contributed by atoms with van der Waals surface area (Å²) in [5, 5.41) is 12.9. The zero-order chi connectivity index (χ0) is 16.6. The molecule has 2 N–H and O–H groups in total. The third-order valence-electron chi connectivity index (χ3n) is 3.96. The van der Waals surface area contributed by atoms with E-state index >= 15 is 0 Å². The van der Waals surface area contributed by atoms with Crippen LogP contribution in [0.4, 0.5) is 5.82 Å². The summed E-state index contributed by atoms with van der Waals surface area (Å²) in [6.45, 7) is 14.8. The molecule has 0 radical (unpaired) electrons. The molecule has 0 unspecified atom stereocenters. The van der Waals surface area contributed by atoms with Crippen LogP contribution < -0.4 is 5.32 Å². The van der Waals surface area contributed by atoms with Gasteiger partial charge in [0.15, 0.2) is 0 Å². The summed E-state index contributed by atoms with van der Waals surface area (Å²) in [6, 6.07) is 2.01. The summed E-state index contributed by atoms with van der Waals surface area (Å²) >= 11 is 0. The van der Waals surface area contributed by atoms with Crippen molar-refractivity contribution < 1.29 is 9.84 Å². The highest BCUT2D eigenvalue weighted by molar-refractivity contribution is 5.39. The molecule has 2 heterocycles. The molecule has 1 aromatic rings. The van der Waals surface area contributed by atoms with Crippen molar-refractivity contribution in [2.24, 2.45) is 5.41 Å². The van der Waals surface area contributed by atoms with Gasteiger partial charge < -0.3 is 15.2 Å². The number of hydrogen-bond acceptors (Lipinski definition) is 5. The Morgan fingerprint density at radius 2 is 1.77 bits per heavy atom. The molecule has 1 aliphatic heterocycles. The van der Waals surface area contributed by atoms with E-state index < -0.39 is 0 Å². The zero-order valence-electron chi connectivity index (χ0n) is 14.7. The summed E-state index contributed by atoms with van der Waals surface area (Å²) in [7, 11) is 0. The third kappa shape index (κ3) is 3.76. The SMILES string of the molecule is CC(C)(C)c1cc(NCC2(CO)COC2)nc(C(C)(C)C)n1. The summed E-state index contributed by atoms with van der Waals surface area (Å²) in [4.78, 5) is 9.42. The predicted octanol–water partition coefficient (Wildman–Crippen LogP) is 2.49. The topological polar surface area (TPSA) is 67.3 Å². The number of nitrogens with one attached hydrogen (secondary N) is 1. The van der Waals surface area contributed by atoms with Gasteiger partial charge in [0.25, 0.3) is 0 Å². The van der Waals surface area contributed by atoms with Crippen LogP contribution in [0, 0.1) is 5.41 Å². The average molecular weight is 307 g/mol. The summed E-state index contributed by atoms with van der Waals surface area (Å²) in [6.07, 6.45) is 0. The maximum atomic E-state index is 9.53. The fourth-order valence-electron chi connectivity index (χ4n) is 2.18. The molecule has 0 saturated carbocycles. The van der Waals surface area contributed by atoms with Crippen molar-refractivity contribution in [3.63, 3.8) is 0 Å². The lowest BCUT2D eigenvalue weighted by Crippen LogP contribution is -2.50. The van der Waals surface area contributed by atoms with Gasteiger partial charge in [0, 0.05) is 23.4 Å². The molecule has 0 atom stereocenters. The van der Waals surface area contributed by atoms with Crippen LogP contribution >= 0.6 is 0 Å². The number of ether oxygens (including phenoxy) is 1. The van der Waals surface area contributed by atoms with Crippen molar-refractivity contribution in [2.45, 2.75) is 52.4 Å². The van der Waals surface area contributed by atoms with E-state index in [-0.39, 0.29) is 22.9 Å². The molecule has 0 aliphatic carbocycles. The highest BCUT2D eigenvalue weighted by Crippen LogP contribution is 2.29. The van der Waals surface area contributed by atoms with Gasteiger partial charge in [-0.3, -0.25) is 0 Å². The van der Waals surface area contributed by atoms with Gasteiger partial charge in [-0.05, 0) is 0 Å². The maximum absolute atomic E-state index is 9.53. The molecular weight excluding hydrogens is 278 g/mol. The van der Waals surface area contributed by atoms with E-state index in [0.717, 1.165) is 17.3 Å². The molecule has 1 aromatic heterocycles. The van der Waals surface area contributed by atoms with E-state index in [9.17, 15) is 5.11 Å². The largest absolute Gasteiger partial charge is 0.396 e. The van der Waals surface area contributed by atoms with Crippen molar-refractivity contribution >= 4 is 5.82 Å². The highest BCUT2D eigenvalue weighted by Gasteiger charge is 2.38. The van der Waals surface area contributed by atoms with Crippen LogP contribution in [0.25, 0.3) is 0 Å². The van der Waals surface area contributed by atoms with Crippen molar-refractivity contribution in [2.75, 3.05) is 31.7 Å². The van der Waals surface area contributed by atoms with Gasteiger partial charge >= 0.3 is 0 Å². The molecule has 1 fully saturated rings. The minimum atomic E-state index is -0.172. The highest BCUT2D eigenvalue weighted by atomic mass is 16.5. The van der Waals surface area contributed by atoms with Gasteiger partial charge in [0.05, 0.1) is 30.9 Å². The predicted molar refractivity (Wildman–Crippen MR) is 88.3 cm³/mol. The molecular formula is C17H29N3O2. The number of aromatic nitrogens is 2. The smallest absolute Gasteiger partial charge is 0.136 e. The molecule has 0 bridgehead atoms. The molecule has 2 rings (SSSR count). The monoisotopic (exact) mass is 307 g/mol. The first-order chi connectivity index (χ1) is 10.1. The molecule has 5 heteroatoms. The lowest BCUT2D eigenvalue weighted by Gasteiger charge is -2.40. The Morgan fingerprint density at radius 3 is 2.18 bits per heavy atom. The number of rotatable bonds is 4. The molecule has 5 nitrogen and oxygen atoms in total. The number of hydrogen-bond donors (Lipinski definition) is 2. The molecule has 22 heavy (non-hydrogen) atoms. The normalized spacial score (nSPS) is 18.0. The van der Waals surface area contributed by atoms with E-state index in [0.29, 0.717) is 19.8 Å². The molecule has 0 aromatic carbocycles. The molecule has 124 valence electrons. The zero-order valence-corrected chi connectivity index (χ0v) is 14.7. The van der Waals surface area contributed by atoms with Gasteiger partial charge in [-0.15, -0.1) is 0 Å². The second kappa shape index (κ2) is 5.78. The minimum absolute atomic E-state index is 0.0341. The van der Waals surface area contributed by atoms with Gasteiger partial charge in [-0.25, -0.2) is 9.97 Å². The van der Waals surface area contributed by atoms with Crippen LogP contribution in [0.2, 0.25) is 0 Å². The summed E-state index contributed by atoms with van der Waals surface area (Å²) < 4.78 is 5.24. The number of anilines is 1. The van der Waals surface area contributed by atoms with E-state index in [1.165, 1.54) is 0 Å². The Balaban J connectivity index is 2.26. The fourth-order valence-corrected chi connectivity index (χ4v) is 2.18. The van der Waals surface area contributed by atoms with Crippen molar-refractivity contribution in [3.05, 3.63) is 17.6 Å². The van der Waals surface area contributed by atoms with Crippen LogP contribution in [-0.4, -0.2) is 41.4 Å². The molecule has 1 aliphatic rings. The van der Waals surface area contributed by atoms with Gasteiger partial charge in [-0.2, -0.15) is 0 Å². The van der Waals surface area contributed by atoms with Crippen LogP contribution in [0.5, 0.6) is 0 Å². The first-order valence-corrected chi connectivity index (χ1v) is 7.88. The third-order valence-corrected chi connectivity index (χ3v) is 3.96. The summed E-state index contributed by atoms with van der Waals surface area (Å²) in [5.74, 6) is 1.66. The standard InChI is InChI=1S/C17H29N3O2/c1-15(2,3)12-7-13(20-14(19-12)16(4,5)6)18-8-17(9-21)10-22-11-17/h7,21H,8-11H2,1-6H3,(H,18,19,20). The Bertz CT molecular complexity index is 488. The Morgan fingerprint density at radius 1 is 1.14 bits per heavy atom. The average Bonchev–Trinajstić information content (AvgIpc) is 2.35. The first-order valence-electron chi connectivity index (χ1n) is 7.88. The number of nitrogens with zero attached hydrogens (tertiary/aromatic N) is 2. The van der Waals surface area contributed by atoms with Gasteiger partial charge in [-0.1, -0.05) is 41.5 Å². The molecule has 0 spiro atoms. The Labute approximate surface area is 133 Å². The minimum Gasteiger partial charge on any atom is -0.396 e. The van der Waals surface area contributed by atoms with E-state index in [1.807, 2.05) is 6.07 Å². The van der Waals surface area contributed by atoms with Gasteiger partial charge in [0.1, 0.15) is 11.6 Å². The maximum Gasteiger partial charge on any atom is 0.136 e. The van der Waals surface area contributed by atoms with Crippen LogP contribution in [0.3, 0.4) is 0 Å². The van der Waals surface area contributed by atoms with Crippen molar-refractivity contribution in [3.8, 4) is 0 Å². The first kappa shape index (κ1) is 17.2. The second-order valence-corrected chi connectivity index (χ2v) is 8.47. The Hall–Kier alpha value is -1.20. The van der Waals surface area contributed by atoms with Crippen LogP contribution in [-0.2, 0) is 15.6 Å². The summed E-state index contributed by atoms with van der Waals surface area (Å²) in [5.41, 5.74) is 0.715. The molecule has 0 amide bonds. The van der Waals surface area contributed by atoms with Crippen molar-refractivity contribution in [1.29, 1.82) is 0 Å². The van der Waals surface area contributed by atoms with E-state index in [4.69, 9.17) is 9.72 Å². The van der Waals surface area contributed by atoms with Crippen LogP contribution in [0.15, 0.2) is 6.07 Å². The quantitative estimate of drug-likeness (QED) is 0.894. The number of aliphatic hydroxyl groups excluding tert-OH is 1. The Kier molecular flexibility index (Phi) is 4.51. The molecule has 1 saturated heterocycles. The van der Waals surface area contributed by atoms with E-state index in [1.54, 1.807) is 0 Å². The fraction of sp³-hybridized carbons (Fsp3) is 0.765.